The van der Waals surface area contributed by atoms with E-state index in [1.165, 1.54) is 0 Å². The highest BCUT2D eigenvalue weighted by atomic mass is 19.4. The van der Waals surface area contributed by atoms with Crippen molar-refractivity contribution >= 4 is 6.22 Å². The van der Waals surface area contributed by atoms with Crippen LogP contribution in [0.15, 0.2) is 0 Å². The molecule has 0 aliphatic carbocycles. The second kappa shape index (κ2) is 16.8. The van der Waals surface area contributed by atoms with E-state index in [9.17, 15) is 30.9 Å². The normalized spacial score (nSPS) is 10.8. The third kappa shape index (κ3) is 26.4. The average Bonchev–Trinajstić information content (AvgIpc) is 2.30. The summed E-state index contributed by atoms with van der Waals surface area (Å²) in [5, 5.41) is 0. The number of carbonyl (C=O) groups excluding carboxylic acids is 1. The minimum atomic E-state index is -4.58. The monoisotopic (exact) mass is 313 g/mol. The molecule has 0 bridgehead atoms. The van der Waals surface area contributed by atoms with E-state index in [1.807, 2.05) is 0 Å². The van der Waals surface area contributed by atoms with Gasteiger partial charge in [-0.1, -0.05) is 0 Å². The van der Waals surface area contributed by atoms with Crippen LogP contribution >= 0.6 is 0 Å². The van der Waals surface area contributed by atoms with Gasteiger partial charge < -0.3 is 9.57 Å². The van der Waals surface area contributed by atoms with Crippen molar-refractivity contribution in [2.75, 3.05) is 20.6 Å². The van der Waals surface area contributed by atoms with Crippen LogP contribution in [-0.2, 0) is 14.5 Å². The van der Waals surface area contributed by atoms with Crippen molar-refractivity contribution in [2.45, 2.75) is 12.3 Å². The van der Waals surface area contributed by atoms with Crippen molar-refractivity contribution in [1.82, 2.24) is 0 Å². The predicted molar refractivity (Wildman–Crippen MR) is 45.3 cm³/mol. The number of nitrogens with two attached hydrogens (primary N) is 1. The fourth-order valence-corrected chi connectivity index (χ4v) is 0.284. The van der Waals surface area contributed by atoms with Crippen LogP contribution in [0.3, 0.4) is 0 Å². The number of ether oxygens (including phenoxy) is 1. The smallest absolute Gasteiger partial charge is 0.369 e. The molecule has 0 saturated heterocycles. The Bertz CT molecular complexity index is 187. The summed E-state index contributed by atoms with van der Waals surface area (Å²) in [6.07, 6.45) is -8.81. The lowest BCUT2D eigenvalue weighted by molar-refractivity contribution is -0.216. The first-order chi connectivity index (χ1) is 8.20. The molecule has 13 heteroatoms. The van der Waals surface area contributed by atoms with Crippen LogP contribution in [0.2, 0.25) is 0 Å². The quantitative estimate of drug-likeness (QED) is 0.492. The van der Waals surface area contributed by atoms with Gasteiger partial charge in [0, 0.05) is 7.11 Å². The van der Waals surface area contributed by atoms with Crippen LogP contribution in [0.4, 0.5) is 40.4 Å². The summed E-state index contributed by atoms with van der Waals surface area (Å²) in [4.78, 5) is 14.1. The van der Waals surface area contributed by atoms with E-state index in [2.05, 4.69) is 20.4 Å². The molecule has 0 spiro atoms. The van der Waals surface area contributed by atoms with Gasteiger partial charge in [-0.25, -0.2) is 13.6 Å². The molecule has 0 aliphatic heterocycles. The van der Waals surface area contributed by atoms with E-state index < -0.39 is 32.0 Å². The lowest BCUT2D eigenvalue weighted by Crippen LogP contribution is -2.32. The van der Waals surface area contributed by atoms with Crippen molar-refractivity contribution < 1.29 is 54.9 Å². The Balaban J connectivity index is -0.0000000964. The van der Waals surface area contributed by atoms with Gasteiger partial charge >= 0.3 is 12.4 Å². The number of methoxy groups -OCH3 is 1. The molecule has 0 saturated carbocycles. The summed E-state index contributed by atoms with van der Waals surface area (Å²) in [6.45, 7) is -2.88. The Morgan fingerprint density at radius 1 is 1.32 bits per heavy atom. The second-order valence-corrected chi connectivity index (χ2v) is 1.99. The molecular formula is C6H11F8NO4. The highest BCUT2D eigenvalue weighted by molar-refractivity contribution is 5.57. The van der Waals surface area contributed by atoms with Gasteiger partial charge in [0.1, 0.15) is 6.67 Å². The first kappa shape index (κ1) is 26.4. The molecule has 5 nitrogen and oxygen atoms in total. The van der Waals surface area contributed by atoms with Crippen molar-refractivity contribution in [3.8, 4) is 0 Å². The van der Waals surface area contributed by atoms with Crippen molar-refractivity contribution in [3.63, 3.8) is 0 Å². The number of alkyl halides is 5. The SMILES string of the molecule is COC(CF)C(F)(F)F.F.FCOF.NOC(=O)F. The van der Waals surface area contributed by atoms with Crippen molar-refractivity contribution in [2.24, 2.45) is 5.90 Å². The summed E-state index contributed by atoms with van der Waals surface area (Å²) in [6, 6.07) is 0. The van der Waals surface area contributed by atoms with Crippen LogP contribution in [0, 0.1) is 0 Å². The molecule has 2 N–H and O–H groups in total. The van der Waals surface area contributed by atoms with Crippen LogP contribution < -0.4 is 5.90 Å². The van der Waals surface area contributed by atoms with Crippen LogP contribution in [0.1, 0.15) is 0 Å². The number of rotatable bonds is 3. The maximum absolute atomic E-state index is 11.4. The summed E-state index contributed by atoms with van der Waals surface area (Å²) in [5.74, 6) is 3.95. The summed E-state index contributed by atoms with van der Waals surface area (Å²) >= 11 is 0. The Kier molecular flexibility index (Phi) is 23.3. The zero-order valence-electron chi connectivity index (χ0n) is 9.26. The molecular weight excluding hydrogens is 302 g/mol. The predicted octanol–water partition coefficient (Wildman–Crippen LogP) is 2.47. The molecule has 0 aromatic rings. The topological polar surface area (TPSA) is 70.8 Å². The molecule has 0 rings (SSSR count). The molecule has 0 heterocycles. The lowest BCUT2D eigenvalue weighted by Gasteiger charge is -2.13. The maximum atomic E-state index is 11.4. The number of halogens is 8. The van der Waals surface area contributed by atoms with Gasteiger partial charge in [0.15, 0.2) is 6.10 Å². The van der Waals surface area contributed by atoms with E-state index in [0.717, 1.165) is 7.11 Å². The highest BCUT2D eigenvalue weighted by Gasteiger charge is 2.39. The van der Waals surface area contributed by atoms with Gasteiger partial charge in [0.2, 0.25) is 6.86 Å². The maximum Gasteiger partial charge on any atom is 0.514 e. The fourth-order valence-electron chi connectivity index (χ4n) is 0.284. The van der Waals surface area contributed by atoms with E-state index >= 15 is 0 Å². The van der Waals surface area contributed by atoms with E-state index in [-0.39, 0.29) is 4.70 Å². The molecule has 0 aromatic heterocycles. The Morgan fingerprint density at radius 2 is 1.63 bits per heavy atom. The van der Waals surface area contributed by atoms with Gasteiger partial charge in [-0.05, 0) is 4.53 Å². The Labute approximate surface area is 101 Å². The van der Waals surface area contributed by atoms with Gasteiger partial charge in [-0.2, -0.15) is 24.0 Å². The Hall–Kier alpha value is -1.21. The molecule has 0 radical (unpaired) electrons. The zero-order valence-corrected chi connectivity index (χ0v) is 9.26. The van der Waals surface area contributed by atoms with Crippen molar-refractivity contribution in [3.05, 3.63) is 0 Å². The lowest BCUT2D eigenvalue weighted by atomic mass is 10.4. The van der Waals surface area contributed by atoms with E-state index in [4.69, 9.17) is 4.79 Å². The number of carbonyl (C=O) groups is 1. The molecule has 1 unspecified atom stereocenters. The van der Waals surface area contributed by atoms with Crippen LogP contribution in [0.25, 0.3) is 0 Å². The van der Waals surface area contributed by atoms with Gasteiger partial charge in [-0.15, -0.1) is 4.39 Å². The molecule has 120 valence electrons. The molecule has 0 aromatic carbocycles. The molecule has 0 aliphatic rings. The number of hydrogen-bond donors (Lipinski definition) is 1. The summed E-state index contributed by atoms with van der Waals surface area (Å²) in [5.41, 5.74) is 0. The van der Waals surface area contributed by atoms with Gasteiger partial charge in [-0.3, -0.25) is 4.70 Å². The van der Waals surface area contributed by atoms with Crippen LogP contribution in [-0.4, -0.2) is 39.1 Å². The second-order valence-electron chi connectivity index (χ2n) is 1.99. The first-order valence-corrected chi connectivity index (χ1v) is 3.72. The third-order valence-electron chi connectivity index (χ3n) is 0.924. The van der Waals surface area contributed by atoms with Gasteiger partial charge in [0.25, 0.3) is 0 Å². The van der Waals surface area contributed by atoms with E-state index in [0.29, 0.717) is 0 Å². The van der Waals surface area contributed by atoms with Gasteiger partial charge in [0.05, 0.1) is 0 Å². The standard InChI is InChI=1S/C4H6F4O.CH2F2O.CH2FNO2.FH/c1-9-3(2-5)4(6,7)8;2-1-4-3;2-1(4)5-3;/h3H,2H2,1H3;1H2;3H2;1H. The largest absolute Gasteiger partial charge is 0.514 e. The number of hydrogen-bond acceptors (Lipinski definition) is 5. The van der Waals surface area contributed by atoms with E-state index in [1.54, 1.807) is 0 Å². The van der Waals surface area contributed by atoms with Crippen molar-refractivity contribution in [1.29, 1.82) is 0 Å². The molecule has 19 heavy (non-hydrogen) atoms. The minimum absolute atomic E-state index is 0. The zero-order chi connectivity index (χ0) is 15.2. The molecule has 0 fully saturated rings. The third-order valence-corrected chi connectivity index (χ3v) is 0.924. The van der Waals surface area contributed by atoms with Crippen LogP contribution in [0.5, 0.6) is 0 Å². The summed E-state index contributed by atoms with van der Waals surface area (Å²) in [7, 11) is 0.817. The first-order valence-electron chi connectivity index (χ1n) is 3.72. The highest BCUT2D eigenvalue weighted by Crippen LogP contribution is 2.22. The minimum Gasteiger partial charge on any atom is -0.369 e. The Morgan fingerprint density at radius 3 is 1.63 bits per heavy atom. The average molecular weight is 313 g/mol. The molecule has 0 amide bonds. The fraction of sp³-hybridized carbons (Fsp3) is 0.833. The summed E-state index contributed by atoms with van der Waals surface area (Å²) < 4.78 is 79.6. The molecule has 1 atom stereocenters.